The molecule has 15 heavy (non-hydrogen) atoms. The summed E-state index contributed by atoms with van der Waals surface area (Å²) in [6.45, 7) is 0. The lowest BCUT2D eigenvalue weighted by atomic mass is 10.2. The lowest BCUT2D eigenvalue weighted by Gasteiger charge is -2.15. The Labute approximate surface area is 88.9 Å². The van der Waals surface area contributed by atoms with Gasteiger partial charge in [-0.25, -0.2) is 0 Å². The molecular formula is C11H15N3O. The minimum Gasteiger partial charge on any atom is -0.382 e. The smallest absolute Gasteiger partial charge is 0.252 e. The van der Waals surface area contributed by atoms with Gasteiger partial charge in [0.25, 0.3) is 5.91 Å². The molecule has 0 aliphatic heterocycles. The molecule has 0 saturated heterocycles. The van der Waals surface area contributed by atoms with Crippen LogP contribution in [0, 0.1) is 0 Å². The monoisotopic (exact) mass is 205 g/mol. The Bertz CT molecular complexity index is 359. The van der Waals surface area contributed by atoms with Crippen LogP contribution in [0.1, 0.15) is 36.0 Å². The van der Waals surface area contributed by atoms with E-state index in [9.17, 15) is 4.79 Å². The fraction of sp³-hybridized carbons (Fsp3) is 0.455. The number of nitrogens with zero attached hydrogens (tertiary/aromatic N) is 1. The van der Waals surface area contributed by atoms with Gasteiger partial charge in [0.15, 0.2) is 0 Å². The topological polar surface area (TPSA) is 68.0 Å². The third kappa shape index (κ3) is 2.26. The molecule has 0 unspecified atom stereocenters. The second kappa shape index (κ2) is 4.29. The number of hydrogen-bond acceptors (Lipinski definition) is 3. The summed E-state index contributed by atoms with van der Waals surface area (Å²) in [6.07, 6.45) is 8.04. The first-order chi connectivity index (χ1) is 7.27. The molecule has 4 nitrogen and oxygen atoms in total. The number of nitrogens with two attached hydrogens (primary N) is 1. The minimum absolute atomic E-state index is 0.427. The molecule has 1 amide bonds. The Morgan fingerprint density at radius 1 is 1.47 bits per heavy atom. The number of rotatable bonds is 3. The van der Waals surface area contributed by atoms with E-state index in [1.807, 2.05) is 0 Å². The van der Waals surface area contributed by atoms with Crippen molar-refractivity contribution in [1.29, 1.82) is 0 Å². The van der Waals surface area contributed by atoms with Crippen molar-refractivity contribution in [2.45, 2.75) is 31.7 Å². The fourth-order valence-electron chi connectivity index (χ4n) is 2.01. The highest BCUT2D eigenvalue weighted by molar-refractivity contribution is 5.98. The summed E-state index contributed by atoms with van der Waals surface area (Å²) in [6, 6.07) is 2.28. The number of hydrogen-bond donors (Lipinski definition) is 2. The molecule has 4 heteroatoms. The number of aromatic nitrogens is 1. The Balaban J connectivity index is 2.15. The van der Waals surface area contributed by atoms with Crippen LogP contribution in [-0.4, -0.2) is 16.9 Å². The van der Waals surface area contributed by atoms with Gasteiger partial charge in [0.1, 0.15) is 0 Å². The SMILES string of the molecule is NC(=O)c1cnccc1NC1CCCC1. The van der Waals surface area contributed by atoms with Gasteiger partial charge in [0, 0.05) is 18.4 Å². The number of primary amides is 1. The number of carbonyl (C=O) groups is 1. The first-order valence-electron chi connectivity index (χ1n) is 5.28. The summed E-state index contributed by atoms with van der Waals surface area (Å²) in [4.78, 5) is 15.0. The first kappa shape index (κ1) is 9.96. The summed E-state index contributed by atoms with van der Waals surface area (Å²) in [5.74, 6) is -0.427. The van der Waals surface area contributed by atoms with Crippen molar-refractivity contribution >= 4 is 11.6 Å². The molecular weight excluding hydrogens is 190 g/mol. The summed E-state index contributed by atoms with van der Waals surface area (Å²) in [7, 11) is 0. The van der Waals surface area contributed by atoms with E-state index >= 15 is 0 Å². The molecule has 80 valence electrons. The molecule has 1 aliphatic rings. The zero-order valence-corrected chi connectivity index (χ0v) is 8.57. The highest BCUT2D eigenvalue weighted by atomic mass is 16.1. The van der Waals surface area contributed by atoms with E-state index in [0.717, 1.165) is 5.69 Å². The maximum absolute atomic E-state index is 11.1. The number of carbonyl (C=O) groups excluding carboxylic acids is 1. The average molecular weight is 205 g/mol. The molecule has 1 fully saturated rings. The van der Waals surface area contributed by atoms with E-state index in [0.29, 0.717) is 11.6 Å². The lowest BCUT2D eigenvalue weighted by molar-refractivity contribution is 0.100. The zero-order chi connectivity index (χ0) is 10.7. The second-order valence-electron chi connectivity index (χ2n) is 3.91. The van der Waals surface area contributed by atoms with Crippen LogP contribution in [-0.2, 0) is 0 Å². The second-order valence-corrected chi connectivity index (χ2v) is 3.91. The van der Waals surface area contributed by atoms with Crippen LogP contribution in [0.3, 0.4) is 0 Å². The maximum Gasteiger partial charge on any atom is 0.252 e. The summed E-state index contributed by atoms with van der Waals surface area (Å²) >= 11 is 0. The van der Waals surface area contributed by atoms with Crippen LogP contribution >= 0.6 is 0 Å². The molecule has 2 rings (SSSR count). The van der Waals surface area contributed by atoms with Gasteiger partial charge in [0.05, 0.1) is 11.3 Å². The van der Waals surface area contributed by atoms with Crippen molar-refractivity contribution in [3.05, 3.63) is 24.0 Å². The Morgan fingerprint density at radius 2 is 2.20 bits per heavy atom. The first-order valence-corrected chi connectivity index (χ1v) is 5.28. The van der Waals surface area contributed by atoms with Crippen molar-refractivity contribution < 1.29 is 4.79 Å². The molecule has 0 bridgehead atoms. The molecule has 1 saturated carbocycles. The highest BCUT2D eigenvalue weighted by Crippen LogP contribution is 2.23. The average Bonchev–Trinajstić information content (AvgIpc) is 2.71. The Hall–Kier alpha value is -1.58. The van der Waals surface area contributed by atoms with Gasteiger partial charge in [-0.3, -0.25) is 9.78 Å². The van der Waals surface area contributed by atoms with Crippen molar-refractivity contribution in [2.75, 3.05) is 5.32 Å². The molecule has 1 heterocycles. The number of anilines is 1. The normalized spacial score (nSPS) is 16.5. The molecule has 1 aromatic heterocycles. The van der Waals surface area contributed by atoms with Crippen LogP contribution in [0.15, 0.2) is 18.5 Å². The number of amides is 1. The van der Waals surface area contributed by atoms with E-state index in [1.54, 1.807) is 12.3 Å². The van der Waals surface area contributed by atoms with Gasteiger partial charge >= 0.3 is 0 Å². The van der Waals surface area contributed by atoms with E-state index in [1.165, 1.54) is 31.9 Å². The summed E-state index contributed by atoms with van der Waals surface area (Å²) in [5, 5.41) is 3.35. The number of nitrogens with one attached hydrogen (secondary N) is 1. The van der Waals surface area contributed by atoms with Gasteiger partial charge in [0.2, 0.25) is 0 Å². The third-order valence-corrected chi connectivity index (χ3v) is 2.80. The molecule has 0 atom stereocenters. The number of pyridine rings is 1. The van der Waals surface area contributed by atoms with E-state index in [4.69, 9.17) is 5.73 Å². The predicted octanol–water partition coefficient (Wildman–Crippen LogP) is 1.53. The van der Waals surface area contributed by atoms with Crippen LogP contribution in [0.25, 0.3) is 0 Å². The molecule has 1 aromatic rings. The van der Waals surface area contributed by atoms with Crippen molar-refractivity contribution in [1.82, 2.24) is 4.98 Å². The zero-order valence-electron chi connectivity index (χ0n) is 8.57. The molecule has 1 aliphatic carbocycles. The lowest BCUT2D eigenvalue weighted by Crippen LogP contribution is -2.19. The van der Waals surface area contributed by atoms with Crippen LogP contribution < -0.4 is 11.1 Å². The van der Waals surface area contributed by atoms with Gasteiger partial charge in [-0.2, -0.15) is 0 Å². The van der Waals surface area contributed by atoms with Crippen molar-refractivity contribution in [3.8, 4) is 0 Å². The van der Waals surface area contributed by atoms with E-state index < -0.39 is 5.91 Å². The fourth-order valence-corrected chi connectivity index (χ4v) is 2.01. The summed E-state index contributed by atoms with van der Waals surface area (Å²) < 4.78 is 0. The molecule has 0 spiro atoms. The van der Waals surface area contributed by atoms with Crippen LogP contribution in [0.2, 0.25) is 0 Å². The third-order valence-electron chi connectivity index (χ3n) is 2.80. The van der Waals surface area contributed by atoms with Gasteiger partial charge in [-0.1, -0.05) is 12.8 Å². The van der Waals surface area contributed by atoms with Crippen molar-refractivity contribution in [3.63, 3.8) is 0 Å². The van der Waals surface area contributed by atoms with Gasteiger partial charge in [-0.05, 0) is 18.9 Å². The van der Waals surface area contributed by atoms with E-state index in [2.05, 4.69) is 10.3 Å². The van der Waals surface area contributed by atoms with Gasteiger partial charge in [-0.15, -0.1) is 0 Å². The largest absolute Gasteiger partial charge is 0.382 e. The van der Waals surface area contributed by atoms with Crippen LogP contribution in [0.5, 0.6) is 0 Å². The van der Waals surface area contributed by atoms with Crippen molar-refractivity contribution in [2.24, 2.45) is 5.73 Å². The minimum atomic E-state index is -0.427. The Morgan fingerprint density at radius 3 is 2.87 bits per heavy atom. The molecule has 3 N–H and O–H groups in total. The predicted molar refractivity (Wildman–Crippen MR) is 58.6 cm³/mol. The van der Waals surface area contributed by atoms with Gasteiger partial charge < -0.3 is 11.1 Å². The highest BCUT2D eigenvalue weighted by Gasteiger charge is 2.16. The summed E-state index contributed by atoms with van der Waals surface area (Å²) in [5.41, 5.74) is 6.56. The van der Waals surface area contributed by atoms with E-state index in [-0.39, 0.29) is 0 Å². The maximum atomic E-state index is 11.1. The van der Waals surface area contributed by atoms with Crippen LogP contribution in [0.4, 0.5) is 5.69 Å². The Kier molecular flexibility index (Phi) is 2.85. The molecule has 0 radical (unpaired) electrons. The molecule has 0 aromatic carbocycles. The quantitative estimate of drug-likeness (QED) is 0.786. The standard InChI is InChI=1S/C11H15N3O/c12-11(15)9-7-13-6-5-10(9)14-8-3-1-2-4-8/h5-8H,1-4H2,(H2,12,15)(H,13,14).